The van der Waals surface area contributed by atoms with Crippen molar-refractivity contribution in [2.24, 2.45) is 0 Å². The zero-order valence-electron chi connectivity index (χ0n) is 8.85. The fraction of sp³-hybridized carbons (Fsp3) is 0.0714. The maximum Gasteiger partial charge on any atom is 0.115 e. The Morgan fingerprint density at radius 1 is 1.00 bits per heavy atom. The van der Waals surface area contributed by atoms with Crippen LogP contribution in [-0.2, 0) is 6.42 Å². The highest BCUT2D eigenvalue weighted by molar-refractivity contribution is 5.79. The quantitative estimate of drug-likeness (QED) is 0.753. The molecule has 0 unspecified atom stereocenters. The number of hydrogen-bond donors (Lipinski definition) is 2. The third-order valence-corrected chi connectivity index (χ3v) is 2.54. The molecule has 2 nitrogen and oxygen atoms in total. The molecule has 2 aromatic carbocycles. The number of hydrogen-bond acceptors (Lipinski definition) is 2. The van der Waals surface area contributed by atoms with Crippen LogP contribution in [0.25, 0.3) is 0 Å². The number of phenols is 1. The molecule has 0 atom stereocenters. The van der Waals surface area contributed by atoms with E-state index in [4.69, 9.17) is 5.41 Å². The molecule has 0 spiro atoms. The summed E-state index contributed by atoms with van der Waals surface area (Å²) in [6.07, 6.45) is 2.15. The number of rotatable bonds is 3. The number of nitrogens with one attached hydrogen (secondary N) is 1. The topological polar surface area (TPSA) is 44.1 Å². The van der Waals surface area contributed by atoms with Crippen LogP contribution >= 0.6 is 0 Å². The summed E-state index contributed by atoms with van der Waals surface area (Å²) in [5.74, 6) is 0.282. The van der Waals surface area contributed by atoms with Gasteiger partial charge in [-0.2, -0.15) is 0 Å². The van der Waals surface area contributed by atoms with E-state index in [1.165, 1.54) is 6.21 Å². The molecule has 0 saturated heterocycles. The van der Waals surface area contributed by atoms with Crippen LogP contribution in [0.15, 0.2) is 48.5 Å². The lowest BCUT2D eigenvalue weighted by atomic mass is 10.0. The van der Waals surface area contributed by atoms with Crippen LogP contribution in [0.1, 0.15) is 16.7 Å². The standard InChI is InChI=1S/C14H13NO/c15-10-13-4-2-1-3-12(13)9-11-5-7-14(16)8-6-11/h1-8,10,15-16H,9H2. The lowest BCUT2D eigenvalue weighted by Gasteiger charge is -2.05. The van der Waals surface area contributed by atoms with E-state index in [1.54, 1.807) is 12.1 Å². The van der Waals surface area contributed by atoms with Gasteiger partial charge < -0.3 is 10.5 Å². The van der Waals surface area contributed by atoms with Gasteiger partial charge in [0.1, 0.15) is 5.75 Å². The van der Waals surface area contributed by atoms with Crippen LogP contribution in [-0.4, -0.2) is 11.3 Å². The van der Waals surface area contributed by atoms with Crippen LogP contribution in [0.5, 0.6) is 5.75 Å². The van der Waals surface area contributed by atoms with Crippen molar-refractivity contribution >= 4 is 6.21 Å². The van der Waals surface area contributed by atoms with Gasteiger partial charge in [0.05, 0.1) is 0 Å². The highest BCUT2D eigenvalue weighted by Gasteiger charge is 2.00. The Kier molecular flexibility index (Phi) is 3.01. The van der Waals surface area contributed by atoms with Crippen LogP contribution in [0.3, 0.4) is 0 Å². The molecule has 2 N–H and O–H groups in total. The summed E-state index contributed by atoms with van der Waals surface area (Å²) >= 11 is 0. The molecule has 2 heteroatoms. The Hall–Kier alpha value is -2.09. The molecule has 0 aliphatic rings. The summed E-state index contributed by atoms with van der Waals surface area (Å²) in [7, 11) is 0. The second-order valence-corrected chi connectivity index (χ2v) is 3.69. The van der Waals surface area contributed by atoms with Gasteiger partial charge in [-0.1, -0.05) is 36.4 Å². The molecular formula is C14H13NO. The summed E-state index contributed by atoms with van der Waals surface area (Å²) in [5, 5.41) is 16.5. The molecule has 2 rings (SSSR count). The van der Waals surface area contributed by atoms with Crippen LogP contribution in [0, 0.1) is 5.41 Å². The average molecular weight is 211 g/mol. The summed E-state index contributed by atoms with van der Waals surface area (Å²) in [5.41, 5.74) is 3.20. The third-order valence-electron chi connectivity index (χ3n) is 2.54. The van der Waals surface area contributed by atoms with Gasteiger partial charge in [0.25, 0.3) is 0 Å². The molecule has 0 aromatic heterocycles. The molecule has 0 aliphatic carbocycles. The monoisotopic (exact) mass is 211 g/mol. The van der Waals surface area contributed by atoms with Crippen molar-refractivity contribution in [3.8, 4) is 5.75 Å². The summed E-state index contributed by atoms with van der Waals surface area (Å²) in [6, 6.07) is 15.0. The maximum absolute atomic E-state index is 9.19. The zero-order valence-corrected chi connectivity index (χ0v) is 8.85. The lowest BCUT2D eigenvalue weighted by molar-refractivity contribution is 0.475. The van der Waals surface area contributed by atoms with E-state index in [-0.39, 0.29) is 5.75 Å². The first-order chi connectivity index (χ1) is 7.79. The summed E-state index contributed by atoms with van der Waals surface area (Å²) < 4.78 is 0. The van der Waals surface area contributed by atoms with Crippen molar-refractivity contribution in [1.29, 1.82) is 5.41 Å². The Morgan fingerprint density at radius 2 is 1.69 bits per heavy atom. The minimum atomic E-state index is 0.282. The van der Waals surface area contributed by atoms with Gasteiger partial charge in [-0.25, -0.2) is 0 Å². The first-order valence-electron chi connectivity index (χ1n) is 5.16. The van der Waals surface area contributed by atoms with E-state index in [0.29, 0.717) is 0 Å². The predicted molar refractivity (Wildman–Crippen MR) is 65.2 cm³/mol. The molecule has 0 aliphatic heterocycles. The van der Waals surface area contributed by atoms with E-state index in [2.05, 4.69) is 0 Å². The molecule has 80 valence electrons. The lowest BCUT2D eigenvalue weighted by Crippen LogP contribution is -1.93. The normalized spacial score (nSPS) is 10.0. The van der Waals surface area contributed by atoms with Crippen LogP contribution in [0.2, 0.25) is 0 Å². The fourth-order valence-electron chi connectivity index (χ4n) is 1.67. The van der Waals surface area contributed by atoms with Crippen molar-refractivity contribution in [2.45, 2.75) is 6.42 Å². The maximum atomic E-state index is 9.19. The highest BCUT2D eigenvalue weighted by atomic mass is 16.3. The average Bonchev–Trinajstić information content (AvgIpc) is 2.33. The van der Waals surface area contributed by atoms with E-state index < -0.39 is 0 Å². The van der Waals surface area contributed by atoms with Gasteiger partial charge in [-0.05, 0) is 35.2 Å². The highest BCUT2D eigenvalue weighted by Crippen LogP contribution is 2.15. The fourth-order valence-corrected chi connectivity index (χ4v) is 1.67. The third kappa shape index (κ3) is 2.28. The van der Waals surface area contributed by atoms with Crippen molar-refractivity contribution in [3.63, 3.8) is 0 Å². The number of benzene rings is 2. The van der Waals surface area contributed by atoms with Gasteiger partial charge in [-0.15, -0.1) is 0 Å². The van der Waals surface area contributed by atoms with Gasteiger partial charge in [0.15, 0.2) is 0 Å². The zero-order chi connectivity index (χ0) is 11.4. The van der Waals surface area contributed by atoms with Crippen LogP contribution in [0.4, 0.5) is 0 Å². The van der Waals surface area contributed by atoms with Crippen molar-refractivity contribution in [1.82, 2.24) is 0 Å². The Bertz CT molecular complexity index is 488. The molecule has 16 heavy (non-hydrogen) atoms. The van der Waals surface area contributed by atoms with Gasteiger partial charge in [0, 0.05) is 6.21 Å². The van der Waals surface area contributed by atoms with Crippen LogP contribution < -0.4 is 0 Å². The molecule has 0 amide bonds. The number of phenolic OH excluding ortho intramolecular Hbond substituents is 1. The first kappa shape index (κ1) is 10.4. The summed E-state index contributed by atoms with van der Waals surface area (Å²) in [4.78, 5) is 0. The largest absolute Gasteiger partial charge is 0.508 e. The molecule has 2 aromatic rings. The van der Waals surface area contributed by atoms with Gasteiger partial charge in [-0.3, -0.25) is 0 Å². The van der Waals surface area contributed by atoms with E-state index in [1.807, 2.05) is 36.4 Å². The minimum absolute atomic E-state index is 0.282. The van der Waals surface area contributed by atoms with Gasteiger partial charge in [0.2, 0.25) is 0 Å². The Balaban J connectivity index is 2.26. The van der Waals surface area contributed by atoms with E-state index in [9.17, 15) is 5.11 Å². The molecule has 0 fully saturated rings. The van der Waals surface area contributed by atoms with Crippen molar-refractivity contribution < 1.29 is 5.11 Å². The van der Waals surface area contributed by atoms with E-state index in [0.717, 1.165) is 23.1 Å². The SMILES string of the molecule is N=Cc1ccccc1Cc1ccc(O)cc1. The van der Waals surface area contributed by atoms with Gasteiger partial charge >= 0.3 is 0 Å². The number of aromatic hydroxyl groups is 1. The second kappa shape index (κ2) is 4.62. The first-order valence-corrected chi connectivity index (χ1v) is 5.16. The van der Waals surface area contributed by atoms with Crippen molar-refractivity contribution in [2.75, 3.05) is 0 Å². The second-order valence-electron chi connectivity index (χ2n) is 3.69. The molecular weight excluding hydrogens is 198 g/mol. The molecule has 0 saturated carbocycles. The molecule has 0 radical (unpaired) electrons. The van der Waals surface area contributed by atoms with Crippen molar-refractivity contribution in [3.05, 3.63) is 65.2 Å². The summed E-state index contributed by atoms with van der Waals surface area (Å²) in [6.45, 7) is 0. The Labute approximate surface area is 94.7 Å². The minimum Gasteiger partial charge on any atom is -0.508 e. The smallest absolute Gasteiger partial charge is 0.115 e. The predicted octanol–water partition coefficient (Wildman–Crippen LogP) is 2.98. The molecule has 0 heterocycles. The van der Waals surface area contributed by atoms with E-state index >= 15 is 0 Å². The Morgan fingerprint density at radius 3 is 2.38 bits per heavy atom. The molecule has 0 bridgehead atoms.